The average molecular weight is 594 g/mol. The van der Waals surface area contributed by atoms with Gasteiger partial charge in [-0.25, -0.2) is 4.79 Å². The molecule has 0 bridgehead atoms. The molecule has 0 spiro atoms. The smallest absolute Gasteiger partial charge is 0.411 e. The lowest BCUT2D eigenvalue weighted by atomic mass is 9.86. The maximum atomic E-state index is 13.8. The van der Waals surface area contributed by atoms with Crippen molar-refractivity contribution in [3.63, 3.8) is 0 Å². The maximum absolute atomic E-state index is 13.8. The molecule has 1 aliphatic rings. The van der Waals surface area contributed by atoms with Crippen LogP contribution >= 0.6 is 0 Å². The van der Waals surface area contributed by atoms with Crippen molar-refractivity contribution in [1.82, 2.24) is 20.0 Å². The first kappa shape index (κ1) is 32.8. The fraction of sp³-hybridized carbons (Fsp3) is 0.419. The van der Waals surface area contributed by atoms with Crippen LogP contribution in [0.4, 0.5) is 4.79 Å². The first-order valence-electron chi connectivity index (χ1n) is 13.9. The summed E-state index contributed by atoms with van der Waals surface area (Å²) in [6.45, 7) is 5.36. The van der Waals surface area contributed by atoms with E-state index in [1.165, 1.54) is 23.8 Å². The second-order valence-corrected chi connectivity index (χ2v) is 11.5. The van der Waals surface area contributed by atoms with Gasteiger partial charge < -0.3 is 25.6 Å². The predicted octanol–water partition coefficient (Wildman–Crippen LogP) is 1.38. The minimum absolute atomic E-state index is 0.0438. The Morgan fingerprint density at radius 1 is 1.00 bits per heavy atom. The second kappa shape index (κ2) is 13.5. The molecular weight excluding hydrogens is 554 g/mol. The molecule has 3 rings (SSSR count). The number of piperazine rings is 1. The molecule has 5 amide bonds. The molecule has 2 aromatic rings. The third-order valence-corrected chi connectivity index (χ3v) is 7.16. The van der Waals surface area contributed by atoms with E-state index in [1.54, 1.807) is 51.1 Å². The molecule has 1 heterocycles. The number of hydrogen-bond donors (Lipinski definition) is 2. The number of rotatable bonds is 10. The fourth-order valence-electron chi connectivity index (χ4n) is 4.77. The molecule has 3 N–H and O–H groups in total. The lowest BCUT2D eigenvalue weighted by Gasteiger charge is -2.46. The summed E-state index contributed by atoms with van der Waals surface area (Å²) in [6.07, 6.45) is -0.624. The summed E-state index contributed by atoms with van der Waals surface area (Å²) in [5.74, 6) is -3.29. The minimum Gasteiger partial charge on any atom is -0.444 e. The lowest BCUT2D eigenvalue weighted by molar-refractivity contribution is -0.148. The highest BCUT2D eigenvalue weighted by molar-refractivity contribution is 6.19. The van der Waals surface area contributed by atoms with E-state index in [0.717, 1.165) is 10.5 Å². The van der Waals surface area contributed by atoms with Gasteiger partial charge in [-0.15, -0.1) is 0 Å². The van der Waals surface area contributed by atoms with E-state index in [-0.39, 0.29) is 25.1 Å². The van der Waals surface area contributed by atoms with Crippen LogP contribution in [0, 0.1) is 0 Å². The van der Waals surface area contributed by atoms with Crippen molar-refractivity contribution < 1.29 is 33.5 Å². The van der Waals surface area contributed by atoms with Crippen LogP contribution in [0.2, 0.25) is 0 Å². The molecule has 43 heavy (non-hydrogen) atoms. The van der Waals surface area contributed by atoms with Crippen LogP contribution in [0.5, 0.6) is 0 Å². The zero-order valence-electron chi connectivity index (χ0n) is 25.2. The molecule has 230 valence electrons. The molecule has 1 aliphatic heterocycles. The lowest BCUT2D eigenvalue weighted by Crippen LogP contribution is -2.70. The van der Waals surface area contributed by atoms with E-state index in [0.29, 0.717) is 0 Å². The third-order valence-electron chi connectivity index (χ3n) is 7.16. The monoisotopic (exact) mass is 593 g/mol. The molecule has 0 radical (unpaired) electrons. The van der Waals surface area contributed by atoms with E-state index in [2.05, 4.69) is 5.32 Å². The molecule has 1 unspecified atom stereocenters. The standard InChI is InChI=1S/C31H39N5O7/c1-30(2,3)43-29(42)36-17-16-35(28(41)31(36,4)26(39)22-14-10-7-11-15-22)20-24(37)33-19-25(38)34(5)23(27(32)40)18-21-12-8-6-9-13-21/h6-15,23H,16-20H2,1-5H3,(H2,32,40)(H,33,37)/t23-,31?/m0/s1. The number of carbonyl (C=O) groups excluding carboxylic acids is 6. The molecule has 0 aromatic heterocycles. The molecule has 2 atom stereocenters. The number of ether oxygens (including phenoxy) is 1. The van der Waals surface area contributed by atoms with Gasteiger partial charge in [-0.1, -0.05) is 60.7 Å². The molecular formula is C31H39N5O7. The van der Waals surface area contributed by atoms with Gasteiger partial charge >= 0.3 is 6.09 Å². The summed E-state index contributed by atoms with van der Waals surface area (Å²) < 4.78 is 5.49. The highest BCUT2D eigenvalue weighted by Crippen LogP contribution is 2.29. The summed E-state index contributed by atoms with van der Waals surface area (Å²) in [5, 5.41) is 2.48. The third kappa shape index (κ3) is 7.97. The SMILES string of the molecule is CN(C(=O)CNC(=O)CN1CCN(C(=O)OC(C)(C)C)C(C)(C(=O)c2ccccc2)C1=O)[C@@H](Cc1ccccc1)C(N)=O. The van der Waals surface area contributed by atoms with Crippen LogP contribution in [-0.4, -0.2) is 101 Å². The Hall–Kier alpha value is -4.74. The van der Waals surface area contributed by atoms with Crippen molar-refractivity contribution >= 4 is 35.5 Å². The molecule has 1 saturated heterocycles. The van der Waals surface area contributed by atoms with E-state index in [4.69, 9.17) is 10.5 Å². The zero-order chi connectivity index (χ0) is 31.9. The van der Waals surface area contributed by atoms with Crippen molar-refractivity contribution in [2.75, 3.05) is 33.2 Å². The number of ketones is 1. The predicted molar refractivity (Wildman–Crippen MR) is 158 cm³/mol. The van der Waals surface area contributed by atoms with Crippen molar-refractivity contribution in [2.45, 2.75) is 51.3 Å². The van der Waals surface area contributed by atoms with Crippen LogP contribution < -0.4 is 11.1 Å². The molecule has 12 nitrogen and oxygen atoms in total. The zero-order valence-corrected chi connectivity index (χ0v) is 25.2. The van der Waals surface area contributed by atoms with Gasteiger partial charge in [0, 0.05) is 32.1 Å². The molecule has 2 aromatic carbocycles. The molecule has 0 aliphatic carbocycles. The summed E-state index contributed by atoms with van der Waals surface area (Å²) in [6, 6.07) is 16.2. The summed E-state index contributed by atoms with van der Waals surface area (Å²) in [4.78, 5) is 81.9. The van der Waals surface area contributed by atoms with Gasteiger partial charge in [0.15, 0.2) is 11.3 Å². The van der Waals surface area contributed by atoms with Crippen LogP contribution in [0.3, 0.4) is 0 Å². The number of likely N-dealkylation sites (N-methyl/N-ethyl adjacent to an activating group) is 1. The quantitative estimate of drug-likeness (QED) is 0.311. The van der Waals surface area contributed by atoms with Crippen molar-refractivity contribution in [3.05, 3.63) is 71.8 Å². The van der Waals surface area contributed by atoms with Crippen molar-refractivity contribution in [3.8, 4) is 0 Å². The van der Waals surface area contributed by atoms with Gasteiger partial charge in [-0.2, -0.15) is 0 Å². The van der Waals surface area contributed by atoms with Crippen LogP contribution in [0.25, 0.3) is 0 Å². The highest BCUT2D eigenvalue weighted by atomic mass is 16.6. The summed E-state index contributed by atoms with van der Waals surface area (Å²) in [7, 11) is 1.42. The van der Waals surface area contributed by atoms with Gasteiger partial charge in [0.1, 0.15) is 11.6 Å². The number of Topliss-reactive ketones (excluding diaryl/α,β-unsaturated/α-hetero) is 1. The Morgan fingerprint density at radius 3 is 2.14 bits per heavy atom. The van der Waals surface area contributed by atoms with Crippen molar-refractivity contribution in [1.29, 1.82) is 0 Å². The minimum atomic E-state index is -1.98. The largest absolute Gasteiger partial charge is 0.444 e. The Balaban J connectivity index is 1.71. The number of nitrogens with zero attached hydrogens (tertiary/aromatic N) is 3. The number of nitrogens with two attached hydrogens (primary N) is 1. The van der Waals surface area contributed by atoms with E-state index in [1.807, 2.05) is 30.3 Å². The summed E-state index contributed by atoms with van der Waals surface area (Å²) in [5.41, 5.74) is 3.72. The van der Waals surface area contributed by atoms with Gasteiger partial charge in [0.05, 0.1) is 13.1 Å². The molecule has 0 saturated carbocycles. The summed E-state index contributed by atoms with van der Waals surface area (Å²) >= 11 is 0. The number of hydrogen-bond acceptors (Lipinski definition) is 7. The Labute approximate surface area is 251 Å². The number of primary amides is 1. The Kier molecular flexibility index (Phi) is 10.3. The van der Waals surface area contributed by atoms with Crippen LogP contribution in [0.1, 0.15) is 43.6 Å². The number of carbonyl (C=O) groups is 6. The van der Waals surface area contributed by atoms with Crippen LogP contribution in [-0.2, 0) is 30.3 Å². The Morgan fingerprint density at radius 2 is 1.58 bits per heavy atom. The number of amides is 5. The normalized spacial score (nSPS) is 17.6. The molecule has 12 heteroatoms. The second-order valence-electron chi connectivity index (χ2n) is 11.5. The molecule has 1 fully saturated rings. The fourth-order valence-corrected chi connectivity index (χ4v) is 4.77. The Bertz CT molecular complexity index is 1360. The average Bonchev–Trinajstić information content (AvgIpc) is 2.96. The van der Waals surface area contributed by atoms with Gasteiger partial charge in [-0.3, -0.25) is 28.9 Å². The highest BCUT2D eigenvalue weighted by Gasteiger charge is 2.54. The van der Waals surface area contributed by atoms with Gasteiger partial charge in [-0.05, 0) is 33.3 Å². The van der Waals surface area contributed by atoms with Gasteiger partial charge in [0.2, 0.25) is 17.7 Å². The van der Waals surface area contributed by atoms with Gasteiger partial charge in [0.25, 0.3) is 5.91 Å². The van der Waals surface area contributed by atoms with E-state index < -0.39 is 65.8 Å². The maximum Gasteiger partial charge on any atom is 0.411 e. The topological polar surface area (TPSA) is 159 Å². The first-order chi connectivity index (χ1) is 20.1. The van der Waals surface area contributed by atoms with E-state index >= 15 is 0 Å². The van der Waals surface area contributed by atoms with Crippen LogP contribution in [0.15, 0.2) is 60.7 Å². The number of nitrogens with one attached hydrogen (secondary N) is 1. The number of benzene rings is 2. The first-order valence-corrected chi connectivity index (χ1v) is 13.9. The van der Waals surface area contributed by atoms with E-state index in [9.17, 15) is 28.8 Å². The van der Waals surface area contributed by atoms with Crippen molar-refractivity contribution in [2.24, 2.45) is 5.73 Å².